The van der Waals surface area contributed by atoms with Gasteiger partial charge in [-0.1, -0.05) is 37.3 Å². The van der Waals surface area contributed by atoms with E-state index >= 15 is 0 Å². The molecule has 1 aliphatic rings. The van der Waals surface area contributed by atoms with Crippen LogP contribution in [0, 0.1) is 5.92 Å². The minimum atomic E-state index is -0.187. The van der Waals surface area contributed by atoms with Gasteiger partial charge in [-0.15, -0.1) is 0 Å². The van der Waals surface area contributed by atoms with Gasteiger partial charge in [0.2, 0.25) is 0 Å². The van der Waals surface area contributed by atoms with E-state index in [9.17, 15) is 4.79 Å². The van der Waals surface area contributed by atoms with Gasteiger partial charge in [0.15, 0.2) is 0 Å². The maximum atomic E-state index is 11.7. The molecule has 3 heteroatoms. The van der Waals surface area contributed by atoms with Crippen LogP contribution in [0.1, 0.15) is 18.9 Å². The van der Waals surface area contributed by atoms with Crippen LogP contribution in [-0.2, 0) is 11.3 Å². The Hall–Kier alpha value is -1.51. The maximum absolute atomic E-state index is 11.7. The van der Waals surface area contributed by atoms with Crippen LogP contribution in [0.15, 0.2) is 30.3 Å². The summed E-state index contributed by atoms with van der Waals surface area (Å²) >= 11 is 0. The molecule has 0 aliphatic carbocycles. The normalized spacial score (nSPS) is 19.8. The molecule has 1 amide bonds. The molecule has 3 nitrogen and oxygen atoms in total. The SMILES string of the molecule is C[C@H]1CCN(C(=O)OCc2ccccc2)C1. The Kier molecular flexibility index (Phi) is 3.44. The number of nitrogens with zero attached hydrogens (tertiary/aromatic N) is 1. The van der Waals surface area contributed by atoms with Crippen molar-refractivity contribution < 1.29 is 9.53 Å². The van der Waals surface area contributed by atoms with E-state index in [4.69, 9.17) is 4.74 Å². The minimum absolute atomic E-state index is 0.187. The Morgan fingerprint density at radius 2 is 2.19 bits per heavy atom. The fraction of sp³-hybridized carbons (Fsp3) is 0.462. The number of carbonyl (C=O) groups is 1. The largest absolute Gasteiger partial charge is 0.445 e. The van der Waals surface area contributed by atoms with E-state index in [1.165, 1.54) is 0 Å². The fourth-order valence-corrected chi connectivity index (χ4v) is 1.91. The smallest absolute Gasteiger partial charge is 0.410 e. The van der Waals surface area contributed by atoms with E-state index < -0.39 is 0 Å². The monoisotopic (exact) mass is 219 g/mol. The molecule has 86 valence electrons. The highest BCUT2D eigenvalue weighted by molar-refractivity contribution is 5.67. The highest BCUT2D eigenvalue weighted by atomic mass is 16.6. The van der Waals surface area contributed by atoms with E-state index in [1.54, 1.807) is 4.90 Å². The predicted octanol–water partition coefficient (Wildman–Crippen LogP) is 2.67. The molecule has 0 aromatic heterocycles. The molecular formula is C13H17NO2. The Bertz CT molecular complexity index is 350. The summed E-state index contributed by atoms with van der Waals surface area (Å²) in [6, 6.07) is 9.76. The number of likely N-dealkylation sites (tertiary alicyclic amines) is 1. The first-order valence-corrected chi connectivity index (χ1v) is 5.71. The Balaban J connectivity index is 1.80. The van der Waals surface area contributed by atoms with Crippen molar-refractivity contribution in [3.8, 4) is 0 Å². The zero-order valence-electron chi connectivity index (χ0n) is 9.56. The second-order valence-corrected chi connectivity index (χ2v) is 4.38. The number of carbonyl (C=O) groups excluding carboxylic acids is 1. The van der Waals surface area contributed by atoms with Gasteiger partial charge < -0.3 is 9.64 Å². The molecule has 0 N–H and O–H groups in total. The van der Waals surface area contributed by atoms with Gasteiger partial charge in [-0.05, 0) is 17.9 Å². The van der Waals surface area contributed by atoms with E-state index in [2.05, 4.69) is 6.92 Å². The fourth-order valence-electron chi connectivity index (χ4n) is 1.91. The third kappa shape index (κ3) is 2.75. The molecule has 1 fully saturated rings. The number of amides is 1. The van der Waals surface area contributed by atoms with E-state index in [0.29, 0.717) is 12.5 Å². The Morgan fingerprint density at radius 3 is 2.81 bits per heavy atom. The molecule has 0 radical (unpaired) electrons. The lowest BCUT2D eigenvalue weighted by Crippen LogP contribution is -2.28. The van der Waals surface area contributed by atoms with Crippen LogP contribution < -0.4 is 0 Å². The lowest BCUT2D eigenvalue weighted by Gasteiger charge is -2.15. The van der Waals surface area contributed by atoms with Crippen molar-refractivity contribution in [2.24, 2.45) is 5.92 Å². The van der Waals surface area contributed by atoms with Crippen LogP contribution in [0.4, 0.5) is 4.79 Å². The van der Waals surface area contributed by atoms with Crippen LogP contribution >= 0.6 is 0 Å². The lowest BCUT2D eigenvalue weighted by atomic mass is 10.2. The first-order chi connectivity index (χ1) is 7.75. The summed E-state index contributed by atoms with van der Waals surface area (Å²) in [5.41, 5.74) is 1.03. The summed E-state index contributed by atoms with van der Waals surface area (Å²) in [5, 5.41) is 0. The van der Waals surface area contributed by atoms with Crippen LogP contribution in [0.25, 0.3) is 0 Å². The summed E-state index contributed by atoms with van der Waals surface area (Å²) in [6.07, 6.45) is 0.897. The van der Waals surface area contributed by atoms with Gasteiger partial charge >= 0.3 is 6.09 Å². The summed E-state index contributed by atoms with van der Waals surface area (Å²) < 4.78 is 5.25. The molecule has 16 heavy (non-hydrogen) atoms. The maximum Gasteiger partial charge on any atom is 0.410 e. The molecule has 0 unspecified atom stereocenters. The van der Waals surface area contributed by atoms with Crippen LogP contribution in [0.5, 0.6) is 0 Å². The van der Waals surface area contributed by atoms with Gasteiger partial charge in [0.25, 0.3) is 0 Å². The first kappa shape index (κ1) is 11.0. The van der Waals surface area contributed by atoms with Gasteiger partial charge in [-0.2, -0.15) is 0 Å². The first-order valence-electron chi connectivity index (χ1n) is 5.71. The van der Waals surface area contributed by atoms with Crippen molar-refractivity contribution in [3.05, 3.63) is 35.9 Å². The Morgan fingerprint density at radius 1 is 1.44 bits per heavy atom. The van der Waals surface area contributed by atoms with Crippen molar-refractivity contribution in [2.75, 3.05) is 13.1 Å². The number of benzene rings is 1. The van der Waals surface area contributed by atoms with Gasteiger partial charge in [0.1, 0.15) is 6.61 Å². The molecule has 1 atom stereocenters. The van der Waals surface area contributed by atoms with E-state index in [1.807, 2.05) is 30.3 Å². The summed E-state index contributed by atoms with van der Waals surface area (Å²) in [5.74, 6) is 0.601. The summed E-state index contributed by atoms with van der Waals surface area (Å²) in [6.45, 7) is 4.18. The highest BCUT2D eigenvalue weighted by Gasteiger charge is 2.24. The van der Waals surface area contributed by atoms with Crippen molar-refractivity contribution in [3.63, 3.8) is 0 Å². The molecule has 1 saturated heterocycles. The minimum Gasteiger partial charge on any atom is -0.445 e. The van der Waals surface area contributed by atoms with Crippen molar-refractivity contribution in [2.45, 2.75) is 20.0 Å². The molecular weight excluding hydrogens is 202 g/mol. The molecule has 0 bridgehead atoms. The number of hydrogen-bond acceptors (Lipinski definition) is 2. The number of rotatable bonds is 2. The molecule has 0 spiro atoms. The summed E-state index contributed by atoms with van der Waals surface area (Å²) in [7, 11) is 0. The zero-order valence-corrected chi connectivity index (χ0v) is 9.56. The zero-order chi connectivity index (χ0) is 11.4. The molecule has 0 saturated carbocycles. The van der Waals surface area contributed by atoms with Gasteiger partial charge in [-0.25, -0.2) is 4.79 Å². The third-order valence-corrected chi connectivity index (χ3v) is 2.89. The molecule has 1 aromatic carbocycles. The van der Waals surface area contributed by atoms with Crippen LogP contribution in [0.3, 0.4) is 0 Å². The number of hydrogen-bond donors (Lipinski definition) is 0. The van der Waals surface area contributed by atoms with E-state index in [0.717, 1.165) is 25.1 Å². The van der Waals surface area contributed by atoms with Crippen LogP contribution in [0.2, 0.25) is 0 Å². The summed E-state index contributed by atoms with van der Waals surface area (Å²) in [4.78, 5) is 13.5. The molecule has 1 heterocycles. The number of ether oxygens (including phenoxy) is 1. The quantitative estimate of drug-likeness (QED) is 0.765. The van der Waals surface area contributed by atoms with Crippen LogP contribution in [-0.4, -0.2) is 24.1 Å². The average molecular weight is 219 g/mol. The van der Waals surface area contributed by atoms with Gasteiger partial charge in [-0.3, -0.25) is 0 Å². The standard InChI is InChI=1S/C13H17NO2/c1-11-7-8-14(9-11)13(15)16-10-12-5-3-2-4-6-12/h2-6,11H,7-10H2,1H3/t11-/m0/s1. The second-order valence-electron chi connectivity index (χ2n) is 4.38. The van der Waals surface area contributed by atoms with Crippen molar-refractivity contribution >= 4 is 6.09 Å². The molecule has 1 aromatic rings. The third-order valence-electron chi connectivity index (χ3n) is 2.89. The molecule has 1 aliphatic heterocycles. The second kappa shape index (κ2) is 5.01. The Labute approximate surface area is 96.0 Å². The molecule has 2 rings (SSSR count). The highest BCUT2D eigenvalue weighted by Crippen LogP contribution is 2.16. The van der Waals surface area contributed by atoms with Crippen molar-refractivity contribution in [1.29, 1.82) is 0 Å². The van der Waals surface area contributed by atoms with Gasteiger partial charge in [0.05, 0.1) is 0 Å². The van der Waals surface area contributed by atoms with Crippen molar-refractivity contribution in [1.82, 2.24) is 4.90 Å². The average Bonchev–Trinajstić information content (AvgIpc) is 2.74. The van der Waals surface area contributed by atoms with Gasteiger partial charge in [0, 0.05) is 13.1 Å². The topological polar surface area (TPSA) is 29.5 Å². The predicted molar refractivity (Wildman–Crippen MR) is 62.0 cm³/mol. The lowest BCUT2D eigenvalue weighted by molar-refractivity contribution is 0.103. The van der Waals surface area contributed by atoms with E-state index in [-0.39, 0.29) is 6.09 Å².